The molecule has 0 saturated heterocycles. The van der Waals surface area contributed by atoms with Crippen LogP contribution in [-0.2, 0) is 6.42 Å². The summed E-state index contributed by atoms with van der Waals surface area (Å²) in [5, 5.41) is 3.59. The number of hydrogen-bond donors (Lipinski definition) is 1. The Labute approximate surface area is 129 Å². The minimum Gasteiger partial charge on any atom is -0.323 e. The van der Waals surface area contributed by atoms with Crippen LogP contribution in [0.15, 0.2) is 53.9 Å². The van der Waals surface area contributed by atoms with Crippen LogP contribution < -0.4 is 5.73 Å². The monoisotopic (exact) mass is 293 g/mol. The van der Waals surface area contributed by atoms with Crippen LogP contribution in [0.2, 0.25) is 0 Å². The van der Waals surface area contributed by atoms with Crippen molar-refractivity contribution in [3.63, 3.8) is 0 Å². The van der Waals surface area contributed by atoms with E-state index in [2.05, 4.69) is 53.9 Å². The van der Waals surface area contributed by atoms with Crippen LogP contribution in [0.3, 0.4) is 0 Å². The predicted octanol–water partition coefficient (Wildman–Crippen LogP) is 5.02. The average molecular weight is 293 g/mol. The van der Waals surface area contributed by atoms with Gasteiger partial charge in [-0.15, -0.1) is 11.3 Å². The van der Waals surface area contributed by atoms with Crippen molar-refractivity contribution in [2.45, 2.75) is 31.2 Å². The summed E-state index contributed by atoms with van der Waals surface area (Å²) in [5.74, 6) is 0.452. The van der Waals surface area contributed by atoms with Gasteiger partial charge in [0.15, 0.2) is 0 Å². The van der Waals surface area contributed by atoms with Crippen molar-refractivity contribution in [3.05, 3.63) is 70.6 Å². The molecule has 4 rings (SSSR count). The number of thiophene rings is 1. The number of hydrogen-bond acceptors (Lipinski definition) is 2. The molecule has 0 spiro atoms. The first-order valence-electron chi connectivity index (χ1n) is 7.64. The van der Waals surface area contributed by atoms with E-state index in [1.807, 2.05) is 11.3 Å². The summed E-state index contributed by atoms with van der Waals surface area (Å²) in [4.78, 5) is 0. The predicted molar refractivity (Wildman–Crippen MR) is 90.9 cm³/mol. The molecule has 1 aliphatic rings. The molecule has 2 unspecified atom stereocenters. The molecule has 3 aromatic rings. The lowest BCUT2D eigenvalue weighted by atomic mass is 9.77. The highest BCUT2D eigenvalue weighted by Gasteiger charge is 2.27. The van der Waals surface area contributed by atoms with E-state index in [1.165, 1.54) is 46.0 Å². The highest BCUT2D eigenvalue weighted by atomic mass is 32.1. The lowest BCUT2D eigenvalue weighted by Gasteiger charge is -2.30. The maximum absolute atomic E-state index is 6.70. The molecule has 0 fully saturated rings. The van der Waals surface area contributed by atoms with E-state index in [1.54, 1.807) is 0 Å². The lowest BCUT2D eigenvalue weighted by Crippen LogP contribution is -2.23. The van der Waals surface area contributed by atoms with Crippen LogP contribution in [0.5, 0.6) is 0 Å². The first kappa shape index (κ1) is 13.1. The Kier molecular flexibility index (Phi) is 3.28. The zero-order valence-electron chi connectivity index (χ0n) is 12.0. The molecule has 21 heavy (non-hydrogen) atoms. The normalized spacial score (nSPS) is 19.4. The van der Waals surface area contributed by atoms with Crippen LogP contribution in [0.1, 0.15) is 41.5 Å². The van der Waals surface area contributed by atoms with Crippen LogP contribution in [0, 0.1) is 0 Å². The summed E-state index contributed by atoms with van der Waals surface area (Å²) >= 11 is 1.81. The molecule has 1 nitrogen and oxygen atoms in total. The molecule has 0 amide bonds. The van der Waals surface area contributed by atoms with E-state index >= 15 is 0 Å². The summed E-state index contributed by atoms with van der Waals surface area (Å²) in [6.07, 6.45) is 3.64. The zero-order valence-corrected chi connectivity index (χ0v) is 12.8. The molecule has 0 bridgehead atoms. The molecule has 2 aromatic carbocycles. The third-order valence-electron chi connectivity index (χ3n) is 4.72. The summed E-state index contributed by atoms with van der Waals surface area (Å²) in [6.45, 7) is 0. The smallest absolute Gasteiger partial charge is 0.0379 e. The molecular formula is C19H19NS. The fourth-order valence-electron chi connectivity index (χ4n) is 3.64. The van der Waals surface area contributed by atoms with Gasteiger partial charge >= 0.3 is 0 Å². The van der Waals surface area contributed by atoms with Crippen molar-refractivity contribution < 1.29 is 0 Å². The van der Waals surface area contributed by atoms with E-state index in [0.717, 1.165) is 0 Å². The standard InChI is InChI=1S/C19H19NS/c20-19(17-12-21-18-11-4-3-9-15(17)18)16-10-5-7-13-6-1-2-8-14(13)16/h1-4,6,8-9,11-12,16,19H,5,7,10,20H2. The van der Waals surface area contributed by atoms with Gasteiger partial charge in [-0.3, -0.25) is 0 Å². The van der Waals surface area contributed by atoms with E-state index in [-0.39, 0.29) is 6.04 Å². The number of aryl methyl sites for hydroxylation is 1. The van der Waals surface area contributed by atoms with Gasteiger partial charge < -0.3 is 5.73 Å². The fourth-order valence-corrected chi connectivity index (χ4v) is 4.65. The number of rotatable bonds is 2. The molecule has 2 N–H and O–H groups in total. The van der Waals surface area contributed by atoms with Gasteiger partial charge in [-0.25, -0.2) is 0 Å². The molecule has 1 aromatic heterocycles. The second-order valence-corrected chi connectivity index (χ2v) is 6.82. The maximum Gasteiger partial charge on any atom is 0.0379 e. The van der Waals surface area contributed by atoms with Gasteiger partial charge in [0, 0.05) is 16.7 Å². The third-order valence-corrected chi connectivity index (χ3v) is 5.70. The highest BCUT2D eigenvalue weighted by molar-refractivity contribution is 7.17. The van der Waals surface area contributed by atoms with Crippen molar-refractivity contribution in [1.29, 1.82) is 0 Å². The molecule has 1 heterocycles. The Hall–Kier alpha value is -1.64. The first-order chi connectivity index (χ1) is 10.3. The molecule has 106 valence electrons. The summed E-state index contributed by atoms with van der Waals surface area (Å²) in [7, 11) is 0. The molecule has 0 aliphatic heterocycles. The SMILES string of the molecule is NC(c1csc2ccccc12)C1CCCc2ccccc21. The Bertz CT molecular complexity index is 774. The van der Waals surface area contributed by atoms with Gasteiger partial charge in [0.05, 0.1) is 0 Å². The molecule has 0 radical (unpaired) electrons. The minimum atomic E-state index is 0.0996. The van der Waals surface area contributed by atoms with Gasteiger partial charge in [0.1, 0.15) is 0 Å². The van der Waals surface area contributed by atoms with Crippen molar-refractivity contribution in [1.82, 2.24) is 0 Å². The second kappa shape index (κ2) is 5.28. The Morgan fingerprint density at radius 3 is 2.81 bits per heavy atom. The molecular weight excluding hydrogens is 274 g/mol. The van der Waals surface area contributed by atoms with Crippen molar-refractivity contribution in [2.75, 3.05) is 0 Å². The molecule has 2 heteroatoms. The van der Waals surface area contributed by atoms with E-state index in [9.17, 15) is 0 Å². The summed E-state index contributed by atoms with van der Waals surface area (Å²) in [5.41, 5.74) is 11.0. The highest BCUT2D eigenvalue weighted by Crippen LogP contribution is 2.42. The van der Waals surface area contributed by atoms with Crippen LogP contribution in [-0.4, -0.2) is 0 Å². The fraction of sp³-hybridized carbons (Fsp3) is 0.263. The average Bonchev–Trinajstić information content (AvgIpc) is 2.98. The largest absolute Gasteiger partial charge is 0.323 e. The van der Waals surface area contributed by atoms with Gasteiger partial charge in [-0.05, 0) is 52.8 Å². The van der Waals surface area contributed by atoms with Gasteiger partial charge in [-0.2, -0.15) is 0 Å². The molecule has 0 saturated carbocycles. The summed E-state index contributed by atoms with van der Waals surface area (Å²) in [6, 6.07) is 17.5. The molecule has 2 atom stereocenters. The van der Waals surface area contributed by atoms with Gasteiger partial charge in [0.2, 0.25) is 0 Å². The number of nitrogens with two attached hydrogens (primary N) is 1. The summed E-state index contributed by atoms with van der Waals surface area (Å²) < 4.78 is 1.34. The Balaban J connectivity index is 1.77. The number of fused-ring (bicyclic) bond motifs is 2. The third kappa shape index (κ3) is 2.19. The van der Waals surface area contributed by atoms with E-state index in [4.69, 9.17) is 5.73 Å². The van der Waals surface area contributed by atoms with Crippen molar-refractivity contribution in [2.24, 2.45) is 5.73 Å². The number of benzene rings is 2. The van der Waals surface area contributed by atoms with Crippen molar-refractivity contribution in [3.8, 4) is 0 Å². The Morgan fingerprint density at radius 2 is 1.86 bits per heavy atom. The first-order valence-corrected chi connectivity index (χ1v) is 8.52. The topological polar surface area (TPSA) is 26.0 Å². The van der Waals surface area contributed by atoms with Gasteiger partial charge in [0.25, 0.3) is 0 Å². The molecule has 1 aliphatic carbocycles. The zero-order chi connectivity index (χ0) is 14.2. The van der Waals surface area contributed by atoms with Crippen LogP contribution >= 0.6 is 11.3 Å². The quantitative estimate of drug-likeness (QED) is 0.705. The van der Waals surface area contributed by atoms with Crippen LogP contribution in [0.25, 0.3) is 10.1 Å². The van der Waals surface area contributed by atoms with E-state index in [0.29, 0.717) is 5.92 Å². The minimum absolute atomic E-state index is 0.0996. The van der Waals surface area contributed by atoms with Crippen LogP contribution in [0.4, 0.5) is 0 Å². The van der Waals surface area contributed by atoms with E-state index < -0.39 is 0 Å². The second-order valence-electron chi connectivity index (χ2n) is 5.91. The lowest BCUT2D eigenvalue weighted by molar-refractivity contribution is 0.477. The maximum atomic E-state index is 6.70. The van der Waals surface area contributed by atoms with Crippen molar-refractivity contribution >= 4 is 21.4 Å². The van der Waals surface area contributed by atoms with Gasteiger partial charge in [-0.1, -0.05) is 42.5 Å². The Morgan fingerprint density at radius 1 is 1.05 bits per heavy atom.